The molecule has 0 saturated carbocycles. The topological polar surface area (TPSA) is 29.1 Å². The molecule has 1 aromatic rings. The third-order valence-corrected chi connectivity index (χ3v) is 3.33. The first-order chi connectivity index (χ1) is 8.21. The van der Waals surface area contributed by atoms with Crippen LogP contribution in [-0.4, -0.2) is 12.5 Å². The summed E-state index contributed by atoms with van der Waals surface area (Å²) in [5.74, 6) is 0.633. The summed E-state index contributed by atoms with van der Waals surface area (Å²) in [5.41, 5.74) is 2.02. The van der Waals surface area contributed by atoms with Crippen molar-refractivity contribution in [3.05, 3.63) is 35.4 Å². The zero-order valence-corrected chi connectivity index (χ0v) is 11.1. The van der Waals surface area contributed by atoms with Gasteiger partial charge in [-0.25, -0.2) is 0 Å². The maximum atomic E-state index is 11.9. The molecule has 0 aliphatic rings. The third-order valence-electron chi connectivity index (χ3n) is 3.33. The molecule has 0 aromatic heterocycles. The molecule has 17 heavy (non-hydrogen) atoms. The second-order valence-corrected chi connectivity index (χ2v) is 4.44. The fourth-order valence-corrected chi connectivity index (χ4v) is 1.81. The lowest BCUT2D eigenvalue weighted by Gasteiger charge is -2.13. The van der Waals surface area contributed by atoms with E-state index in [2.05, 4.69) is 26.1 Å². The summed E-state index contributed by atoms with van der Waals surface area (Å²) in [6, 6.07) is 7.85. The molecule has 2 nitrogen and oxygen atoms in total. The Kier molecular flexibility index (Phi) is 5.75. The van der Waals surface area contributed by atoms with E-state index < -0.39 is 0 Å². The summed E-state index contributed by atoms with van der Waals surface area (Å²) in [7, 11) is 0. The van der Waals surface area contributed by atoms with E-state index in [1.165, 1.54) is 5.56 Å². The van der Waals surface area contributed by atoms with Crippen LogP contribution < -0.4 is 5.32 Å². The van der Waals surface area contributed by atoms with E-state index in [0.717, 1.165) is 31.4 Å². The number of nitrogens with one attached hydrogen (secondary N) is 1. The number of rotatable bonds is 6. The molecule has 0 heterocycles. The molecule has 0 atom stereocenters. The number of carbonyl (C=O) groups excluding carboxylic acids is 1. The third kappa shape index (κ3) is 4.22. The largest absolute Gasteiger partial charge is 0.352 e. The van der Waals surface area contributed by atoms with Gasteiger partial charge in [0.1, 0.15) is 0 Å². The minimum atomic E-state index is 0.0413. The van der Waals surface area contributed by atoms with E-state index in [0.29, 0.717) is 5.92 Å². The van der Waals surface area contributed by atoms with Crippen LogP contribution in [0.15, 0.2) is 24.3 Å². The Balaban J connectivity index is 2.51. The van der Waals surface area contributed by atoms with Crippen LogP contribution >= 0.6 is 0 Å². The highest BCUT2D eigenvalue weighted by Gasteiger charge is 2.08. The molecule has 0 bridgehead atoms. The predicted molar refractivity (Wildman–Crippen MR) is 72.2 cm³/mol. The highest BCUT2D eigenvalue weighted by molar-refractivity contribution is 5.94. The lowest BCUT2D eigenvalue weighted by molar-refractivity contribution is 0.0946. The first-order valence-electron chi connectivity index (χ1n) is 6.58. The van der Waals surface area contributed by atoms with Gasteiger partial charge in [0.15, 0.2) is 0 Å². The Hall–Kier alpha value is -1.31. The predicted octanol–water partition coefficient (Wildman–Crippen LogP) is 3.42. The van der Waals surface area contributed by atoms with Crippen LogP contribution in [0.5, 0.6) is 0 Å². The van der Waals surface area contributed by atoms with Crippen LogP contribution in [0.25, 0.3) is 0 Å². The molecule has 94 valence electrons. The van der Waals surface area contributed by atoms with Gasteiger partial charge < -0.3 is 5.32 Å². The Morgan fingerprint density at radius 3 is 2.18 bits per heavy atom. The Labute approximate surface area is 104 Å². The molecule has 0 radical (unpaired) electrons. The number of amides is 1. The summed E-state index contributed by atoms with van der Waals surface area (Å²) in [6.07, 6.45) is 3.24. The number of benzene rings is 1. The van der Waals surface area contributed by atoms with Crippen LogP contribution in [0.3, 0.4) is 0 Å². The van der Waals surface area contributed by atoms with E-state index in [-0.39, 0.29) is 5.91 Å². The second-order valence-electron chi connectivity index (χ2n) is 4.44. The Morgan fingerprint density at radius 2 is 1.71 bits per heavy atom. The first-order valence-corrected chi connectivity index (χ1v) is 6.58. The van der Waals surface area contributed by atoms with Crippen LogP contribution in [0.1, 0.15) is 49.5 Å². The molecule has 0 aliphatic heterocycles. The molecule has 0 aliphatic carbocycles. The zero-order valence-electron chi connectivity index (χ0n) is 11.1. The normalized spacial score (nSPS) is 10.6. The van der Waals surface area contributed by atoms with Gasteiger partial charge in [0, 0.05) is 12.1 Å². The maximum absolute atomic E-state index is 11.9. The van der Waals surface area contributed by atoms with Crippen molar-refractivity contribution >= 4 is 5.91 Å². The molecule has 2 heteroatoms. The van der Waals surface area contributed by atoms with E-state index in [4.69, 9.17) is 0 Å². The van der Waals surface area contributed by atoms with Gasteiger partial charge in [-0.05, 0) is 30.0 Å². The lowest BCUT2D eigenvalue weighted by atomic mass is 10.0. The summed E-state index contributed by atoms with van der Waals surface area (Å²) in [6.45, 7) is 7.22. The van der Waals surface area contributed by atoms with Gasteiger partial charge in [-0.3, -0.25) is 4.79 Å². The summed E-state index contributed by atoms with van der Waals surface area (Å²) in [4.78, 5) is 11.9. The number of hydrogen-bond acceptors (Lipinski definition) is 1. The van der Waals surface area contributed by atoms with Crippen molar-refractivity contribution in [2.24, 2.45) is 5.92 Å². The number of aryl methyl sites for hydroxylation is 1. The van der Waals surface area contributed by atoms with Gasteiger partial charge >= 0.3 is 0 Å². The van der Waals surface area contributed by atoms with Crippen molar-refractivity contribution < 1.29 is 4.79 Å². The molecule has 1 rings (SSSR count). The molecule has 0 fully saturated rings. The summed E-state index contributed by atoms with van der Waals surface area (Å²) < 4.78 is 0. The molecule has 0 spiro atoms. The minimum absolute atomic E-state index is 0.0413. The molecular formula is C15H23NO. The monoisotopic (exact) mass is 233 g/mol. The Morgan fingerprint density at radius 1 is 1.12 bits per heavy atom. The van der Waals surface area contributed by atoms with Crippen molar-refractivity contribution in [3.8, 4) is 0 Å². The molecule has 0 unspecified atom stereocenters. The minimum Gasteiger partial charge on any atom is -0.352 e. The molecule has 0 saturated heterocycles. The van der Waals surface area contributed by atoms with Gasteiger partial charge in [-0.2, -0.15) is 0 Å². The smallest absolute Gasteiger partial charge is 0.251 e. The van der Waals surface area contributed by atoms with Crippen molar-refractivity contribution in [2.45, 2.75) is 40.0 Å². The quantitative estimate of drug-likeness (QED) is 0.801. The van der Waals surface area contributed by atoms with E-state index in [1.54, 1.807) is 0 Å². The average molecular weight is 233 g/mol. The van der Waals surface area contributed by atoms with E-state index in [9.17, 15) is 4.79 Å². The fraction of sp³-hybridized carbons (Fsp3) is 0.533. The van der Waals surface area contributed by atoms with Gasteiger partial charge in [-0.1, -0.05) is 45.7 Å². The average Bonchev–Trinajstić information content (AvgIpc) is 2.39. The van der Waals surface area contributed by atoms with Crippen molar-refractivity contribution in [1.82, 2.24) is 5.32 Å². The fourth-order valence-electron chi connectivity index (χ4n) is 1.81. The summed E-state index contributed by atoms with van der Waals surface area (Å²) in [5, 5.41) is 3.00. The molecule has 1 aromatic carbocycles. The second kappa shape index (κ2) is 7.10. The van der Waals surface area contributed by atoms with E-state index in [1.807, 2.05) is 24.3 Å². The van der Waals surface area contributed by atoms with Crippen molar-refractivity contribution in [1.29, 1.82) is 0 Å². The lowest BCUT2D eigenvalue weighted by Crippen LogP contribution is -2.28. The van der Waals surface area contributed by atoms with Gasteiger partial charge in [-0.15, -0.1) is 0 Å². The number of carbonyl (C=O) groups is 1. The molecule has 1 N–H and O–H groups in total. The van der Waals surface area contributed by atoms with Gasteiger partial charge in [0.05, 0.1) is 0 Å². The molecular weight excluding hydrogens is 210 g/mol. The van der Waals surface area contributed by atoms with Crippen LogP contribution in [-0.2, 0) is 6.42 Å². The number of hydrogen-bond donors (Lipinski definition) is 1. The highest BCUT2D eigenvalue weighted by Crippen LogP contribution is 2.07. The zero-order chi connectivity index (χ0) is 12.7. The van der Waals surface area contributed by atoms with Crippen LogP contribution in [0.2, 0.25) is 0 Å². The molecule has 1 amide bonds. The summed E-state index contributed by atoms with van der Waals surface area (Å²) >= 11 is 0. The highest BCUT2D eigenvalue weighted by atomic mass is 16.1. The van der Waals surface area contributed by atoms with E-state index >= 15 is 0 Å². The van der Waals surface area contributed by atoms with Crippen molar-refractivity contribution in [3.63, 3.8) is 0 Å². The van der Waals surface area contributed by atoms with Gasteiger partial charge in [0.25, 0.3) is 5.91 Å². The van der Waals surface area contributed by atoms with Crippen molar-refractivity contribution in [2.75, 3.05) is 6.54 Å². The SMILES string of the molecule is CCc1ccc(C(=O)NCC(CC)CC)cc1. The first kappa shape index (κ1) is 13.8. The Bertz CT molecular complexity index is 338. The van der Waals surface area contributed by atoms with Gasteiger partial charge in [0.2, 0.25) is 0 Å². The van der Waals surface area contributed by atoms with Crippen LogP contribution in [0.4, 0.5) is 0 Å². The maximum Gasteiger partial charge on any atom is 0.251 e. The standard InChI is InChI=1S/C15H23NO/c1-4-12(5-2)11-16-15(17)14-9-7-13(6-3)8-10-14/h7-10,12H,4-6,11H2,1-3H3,(H,16,17). The van der Waals surface area contributed by atoms with Crippen LogP contribution in [0, 0.1) is 5.92 Å².